The third-order valence-electron chi connectivity index (χ3n) is 2.26. The highest BCUT2D eigenvalue weighted by atomic mass is 32.1. The van der Waals surface area contributed by atoms with Gasteiger partial charge in [0, 0.05) is 10.4 Å². The van der Waals surface area contributed by atoms with E-state index in [-0.39, 0.29) is 0 Å². The summed E-state index contributed by atoms with van der Waals surface area (Å²) in [5, 5.41) is 11.0. The highest BCUT2D eigenvalue weighted by molar-refractivity contribution is 7.16. The number of aliphatic carboxylic acids is 1. The summed E-state index contributed by atoms with van der Waals surface area (Å²) in [5.74, 6) is -2.60. The summed E-state index contributed by atoms with van der Waals surface area (Å²) < 4.78 is 0. The summed E-state index contributed by atoms with van der Waals surface area (Å²) >= 11 is 1.25. The van der Waals surface area contributed by atoms with Crippen LogP contribution in [0.25, 0.3) is 11.3 Å². The van der Waals surface area contributed by atoms with E-state index >= 15 is 0 Å². The maximum Gasteiger partial charge on any atom is 0.394 e. The molecule has 0 saturated heterocycles. The van der Waals surface area contributed by atoms with E-state index in [9.17, 15) is 9.59 Å². The van der Waals surface area contributed by atoms with Gasteiger partial charge < -0.3 is 5.11 Å². The molecule has 92 valence electrons. The molecule has 0 spiro atoms. The summed E-state index contributed by atoms with van der Waals surface area (Å²) in [7, 11) is 0. The lowest BCUT2D eigenvalue weighted by Crippen LogP contribution is -2.21. The van der Waals surface area contributed by atoms with Gasteiger partial charge in [-0.25, -0.2) is 9.78 Å². The molecule has 0 saturated carbocycles. The average molecular weight is 262 g/mol. The van der Waals surface area contributed by atoms with E-state index in [4.69, 9.17) is 5.11 Å². The SMILES string of the molecule is Cc1sc(NC(=O)C(=O)O)nc1-c1ccccc1. The van der Waals surface area contributed by atoms with Crippen molar-refractivity contribution in [2.45, 2.75) is 6.92 Å². The van der Waals surface area contributed by atoms with Crippen molar-refractivity contribution in [2.24, 2.45) is 0 Å². The number of aryl methyl sites for hydroxylation is 1. The number of carbonyl (C=O) groups is 2. The van der Waals surface area contributed by atoms with Crippen LogP contribution in [0.3, 0.4) is 0 Å². The van der Waals surface area contributed by atoms with Gasteiger partial charge in [-0.2, -0.15) is 0 Å². The minimum Gasteiger partial charge on any atom is -0.474 e. The van der Waals surface area contributed by atoms with Gasteiger partial charge >= 0.3 is 11.9 Å². The predicted octanol–water partition coefficient (Wildman–Crippen LogP) is 2.14. The second kappa shape index (κ2) is 4.97. The lowest BCUT2D eigenvalue weighted by atomic mass is 10.1. The molecule has 1 amide bonds. The number of amides is 1. The number of anilines is 1. The number of benzene rings is 1. The Morgan fingerprint density at radius 3 is 2.56 bits per heavy atom. The summed E-state index contributed by atoms with van der Waals surface area (Å²) in [5.41, 5.74) is 1.68. The molecule has 1 aromatic carbocycles. The molecule has 0 aliphatic rings. The van der Waals surface area contributed by atoms with Crippen molar-refractivity contribution in [2.75, 3.05) is 5.32 Å². The second-order valence-corrected chi connectivity index (χ2v) is 4.75. The molecule has 0 bridgehead atoms. The van der Waals surface area contributed by atoms with E-state index in [1.54, 1.807) is 0 Å². The lowest BCUT2D eigenvalue weighted by molar-refractivity contribution is -0.147. The van der Waals surface area contributed by atoms with Crippen molar-refractivity contribution in [3.8, 4) is 11.3 Å². The molecule has 0 unspecified atom stereocenters. The minimum absolute atomic E-state index is 0.291. The van der Waals surface area contributed by atoms with Crippen LogP contribution in [0, 0.1) is 6.92 Å². The van der Waals surface area contributed by atoms with E-state index < -0.39 is 11.9 Å². The Morgan fingerprint density at radius 1 is 1.28 bits per heavy atom. The molecular formula is C12H10N2O3S. The maximum atomic E-state index is 11.0. The summed E-state index contributed by atoms with van der Waals surface area (Å²) in [6, 6.07) is 9.50. The van der Waals surface area contributed by atoms with E-state index in [1.807, 2.05) is 37.3 Å². The van der Waals surface area contributed by atoms with Gasteiger partial charge in [-0.1, -0.05) is 30.3 Å². The van der Waals surface area contributed by atoms with Crippen LogP contribution in [0.15, 0.2) is 30.3 Å². The number of carboxylic acid groups (broad SMARTS) is 1. The van der Waals surface area contributed by atoms with Gasteiger partial charge in [-0.15, -0.1) is 11.3 Å². The molecule has 1 aromatic heterocycles. The van der Waals surface area contributed by atoms with Gasteiger partial charge in [-0.05, 0) is 6.92 Å². The highest BCUT2D eigenvalue weighted by Gasteiger charge is 2.15. The largest absolute Gasteiger partial charge is 0.474 e. The Bertz CT molecular complexity index is 593. The first kappa shape index (κ1) is 12.3. The van der Waals surface area contributed by atoms with Crippen LogP contribution < -0.4 is 5.32 Å². The number of hydrogen-bond donors (Lipinski definition) is 2. The third kappa shape index (κ3) is 2.54. The van der Waals surface area contributed by atoms with Crippen molar-refractivity contribution in [3.63, 3.8) is 0 Å². The first-order chi connectivity index (χ1) is 8.58. The van der Waals surface area contributed by atoms with Crippen LogP contribution >= 0.6 is 11.3 Å². The zero-order valence-corrected chi connectivity index (χ0v) is 10.3. The number of carboxylic acids is 1. The van der Waals surface area contributed by atoms with Crippen LogP contribution in [0.5, 0.6) is 0 Å². The normalized spacial score (nSPS) is 10.1. The number of thiazole rings is 1. The van der Waals surface area contributed by atoms with Gasteiger partial charge in [0.05, 0.1) is 5.69 Å². The van der Waals surface area contributed by atoms with E-state index in [2.05, 4.69) is 10.3 Å². The highest BCUT2D eigenvalue weighted by Crippen LogP contribution is 2.29. The van der Waals surface area contributed by atoms with Crippen molar-refractivity contribution >= 4 is 28.3 Å². The monoisotopic (exact) mass is 262 g/mol. The number of carbonyl (C=O) groups excluding carboxylic acids is 1. The Labute approximate surface area is 107 Å². The molecule has 0 aliphatic heterocycles. The Kier molecular flexibility index (Phi) is 3.38. The molecule has 0 atom stereocenters. The molecule has 1 heterocycles. The quantitative estimate of drug-likeness (QED) is 0.813. The molecule has 5 nitrogen and oxygen atoms in total. The molecule has 6 heteroatoms. The standard InChI is InChI=1S/C12H10N2O3S/c1-7-9(8-5-3-2-4-6-8)13-12(18-7)14-10(15)11(16)17/h2-6H,1H3,(H,16,17)(H,13,14,15). The zero-order valence-electron chi connectivity index (χ0n) is 9.51. The second-order valence-electron chi connectivity index (χ2n) is 3.55. The molecule has 2 aromatic rings. The first-order valence-electron chi connectivity index (χ1n) is 5.15. The summed E-state index contributed by atoms with van der Waals surface area (Å²) in [4.78, 5) is 26.6. The van der Waals surface area contributed by atoms with Gasteiger partial charge in [0.2, 0.25) is 0 Å². The fourth-order valence-electron chi connectivity index (χ4n) is 1.46. The first-order valence-corrected chi connectivity index (χ1v) is 5.96. The third-order valence-corrected chi connectivity index (χ3v) is 3.14. The minimum atomic E-state index is -1.52. The topological polar surface area (TPSA) is 79.3 Å². The van der Waals surface area contributed by atoms with Crippen LogP contribution in [0.2, 0.25) is 0 Å². The molecule has 2 rings (SSSR count). The number of nitrogens with one attached hydrogen (secondary N) is 1. The van der Waals surface area contributed by atoms with E-state index in [0.29, 0.717) is 5.13 Å². The van der Waals surface area contributed by atoms with Gasteiger partial charge in [0.15, 0.2) is 5.13 Å². The molecule has 2 N–H and O–H groups in total. The molecule has 0 fully saturated rings. The molecule has 0 radical (unpaired) electrons. The zero-order chi connectivity index (χ0) is 13.1. The Balaban J connectivity index is 2.28. The number of nitrogens with zero attached hydrogens (tertiary/aromatic N) is 1. The molecular weight excluding hydrogens is 252 g/mol. The fourth-order valence-corrected chi connectivity index (χ4v) is 2.30. The lowest BCUT2D eigenvalue weighted by Gasteiger charge is -1.97. The van der Waals surface area contributed by atoms with Crippen molar-refractivity contribution in [1.29, 1.82) is 0 Å². The van der Waals surface area contributed by atoms with Crippen LogP contribution in [0.1, 0.15) is 4.88 Å². The Morgan fingerprint density at radius 2 is 1.94 bits per heavy atom. The van der Waals surface area contributed by atoms with Gasteiger partial charge in [0.25, 0.3) is 0 Å². The van der Waals surface area contributed by atoms with Crippen molar-refractivity contribution in [1.82, 2.24) is 4.98 Å². The molecule has 0 aliphatic carbocycles. The van der Waals surface area contributed by atoms with Gasteiger partial charge in [-0.3, -0.25) is 10.1 Å². The summed E-state index contributed by atoms with van der Waals surface area (Å²) in [6.07, 6.45) is 0. The summed E-state index contributed by atoms with van der Waals surface area (Å²) in [6.45, 7) is 1.87. The average Bonchev–Trinajstić information content (AvgIpc) is 2.71. The van der Waals surface area contributed by atoms with Crippen LogP contribution in [-0.2, 0) is 9.59 Å². The predicted molar refractivity (Wildman–Crippen MR) is 68.6 cm³/mol. The van der Waals surface area contributed by atoms with Gasteiger partial charge in [0.1, 0.15) is 0 Å². The molecule has 18 heavy (non-hydrogen) atoms. The Hall–Kier alpha value is -2.21. The van der Waals surface area contributed by atoms with Crippen molar-refractivity contribution in [3.05, 3.63) is 35.2 Å². The number of rotatable bonds is 2. The van der Waals surface area contributed by atoms with E-state index in [0.717, 1.165) is 16.1 Å². The smallest absolute Gasteiger partial charge is 0.394 e. The number of aromatic nitrogens is 1. The van der Waals surface area contributed by atoms with E-state index in [1.165, 1.54) is 11.3 Å². The number of hydrogen-bond acceptors (Lipinski definition) is 4. The van der Waals surface area contributed by atoms with Crippen molar-refractivity contribution < 1.29 is 14.7 Å². The van der Waals surface area contributed by atoms with Crippen LogP contribution in [0.4, 0.5) is 5.13 Å². The van der Waals surface area contributed by atoms with Crippen LogP contribution in [-0.4, -0.2) is 22.0 Å². The fraction of sp³-hybridized carbons (Fsp3) is 0.0833. The maximum absolute atomic E-state index is 11.0.